The monoisotopic (exact) mass is 599 g/mol. The molecule has 4 rings (SSSR count). The van der Waals surface area contributed by atoms with E-state index in [1.165, 1.54) is 11.6 Å². The quantitative estimate of drug-likeness (QED) is 0.244. The molecule has 0 aromatic heterocycles. The van der Waals surface area contributed by atoms with Crippen molar-refractivity contribution < 1.29 is 24.1 Å². The van der Waals surface area contributed by atoms with Gasteiger partial charge in [-0.2, -0.15) is 0 Å². The zero-order valence-electron chi connectivity index (χ0n) is 27.0. The van der Waals surface area contributed by atoms with Crippen LogP contribution >= 0.6 is 11.9 Å². The molecule has 2 aromatic carbocycles. The van der Waals surface area contributed by atoms with E-state index in [0.29, 0.717) is 13.0 Å². The first-order chi connectivity index (χ1) is 19.6. The van der Waals surface area contributed by atoms with Gasteiger partial charge in [-0.3, -0.25) is 4.79 Å². The highest BCUT2D eigenvalue weighted by Crippen LogP contribution is 2.54. The average Bonchev–Trinajstić information content (AvgIpc) is 2.90. The summed E-state index contributed by atoms with van der Waals surface area (Å²) in [6.45, 7) is 20.5. The van der Waals surface area contributed by atoms with Crippen molar-refractivity contribution in [3.8, 4) is 11.1 Å². The van der Waals surface area contributed by atoms with Crippen LogP contribution in [0, 0.1) is 25.1 Å². The fourth-order valence-corrected chi connectivity index (χ4v) is 6.69. The van der Waals surface area contributed by atoms with Crippen molar-refractivity contribution in [3.63, 3.8) is 0 Å². The van der Waals surface area contributed by atoms with E-state index in [1.54, 1.807) is 45.9 Å². The topological polar surface area (TPSA) is 70.0 Å². The molecule has 2 N–H and O–H groups in total. The molecular weight excluding hydrogens is 549 g/mol. The van der Waals surface area contributed by atoms with Gasteiger partial charge in [-0.15, -0.1) is 13.2 Å². The SMILES string of the molecule is C=C.CC(C)(C)O.COCC[C@H]1c2cc(F)ccc2-c2c(C)c(C3=CCC(C)(C)CC3)c(CC(=O)O)c(C)c2N1SC. The van der Waals surface area contributed by atoms with Crippen LogP contribution in [0.5, 0.6) is 0 Å². The van der Waals surface area contributed by atoms with Crippen LogP contribution in [0.15, 0.2) is 37.4 Å². The summed E-state index contributed by atoms with van der Waals surface area (Å²) in [7, 11) is 1.68. The Morgan fingerprint density at radius 3 is 2.31 bits per heavy atom. The molecule has 5 nitrogen and oxygen atoms in total. The van der Waals surface area contributed by atoms with Gasteiger partial charge < -0.3 is 19.3 Å². The summed E-state index contributed by atoms with van der Waals surface area (Å²) in [5.41, 5.74) is 9.19. The van der Waals surface area contributed by atoms with Crippen LogP contribution in [0.3, 0.4) is 0 Å². The molecule has 0 spiro atoms. The fraction of sp³-hybridized carbons (Fsp3) is 0.514. The van der Waals surface area contributed by atoms with Crippen LogP contribution in [0.4, 0.5) is 10.1 Å². The van der Waals surface area contributed by atoms with Crippen LogP contribution < -0.4 is 4.31 Å². The number of aliphatic hydroxyl groups is 1. The summed E-state index contributed by atoms with van der Waals surface area (Å²) in [5, 5.41) is 18.4. The number of rotatable bonds is 7. The fourth-order valence-electron chi connectivity index (χ4n) is 5.80. The summed E-state index contributed by atoms with van der Waals surface area (Å²) in [6.07, 6.45) is 8.00. The Balaban J connectivity index is 0.000000797. The normalized spacial score (nSPS) is 17.1. The van der Waals surface area contributed by atoms with Crippen molar-refractivity contribution in [1.29, 1.82) is 0 Å². The number of aliphatic carboxylic acids is 1. The Labute approximate surface area is 257 Å². The first-order valence-corrected chi connectivity index (χ1v) is 15.7. The first-order valence-electron chi connectivity index (χ1n) is 14.5. The number of ether oxygens (including phenoxy) is 1. The Morgan fingerprint density at radius 2 is 1.81 bits per heavy atom. The first kappa shape index (κ1) is 35.6. The van der Waals surface area contributed by atoms with E-state index in [1.807, 2.05) is 12.3 Å². The van der Waals surface area contributed by atoms with Crippen LogP contribution in [0.25, 0.3) is 16.7 Å². The maximum absolute atomic E-state index is 14.5. The van der Waals surface area contributed by atoms with E-state index in [4.69, 9.17) is 9.84 Å². The maximum atomic E-state index is 14.5. The van der Waals surface area contributed by atoms with Gasteiger partial charge >= 0.3 is 5.97 Å². The molecule has 0 radical (unpaired) electrons. The van der Waals surface area contributed by atoms with Gasteiger partial charge in [-0.05, 0) is 117 Å². The molecule has 1 heterocycles. The predicted octanol–water partition coefficient (Wildman–Crippen LogP) is 9.09. The second-order valence-electron chi connectivity index (χ2n) is 12.7. The highest BCUT2D eigenvalue weighted by Gasteiger charge is 2.36. The number of methoxy groups -OCH3 is 1. The standard InChI is InChI=1S/C29H36FNO3S.C4H10O.C2H4/c1-17-22(16-25(32)33)26(19-9-12-29(3,4)13-10-19)18(2)27-21-8-7-20(30)15-23(21)24(11-14-34-5)31(35-6)28(17)27;1-4(2,3)5;1-2/h7-9,15,24H,10-14,16H2,1-6H3,(H,32,33);5H,1-3H3;1-2H2/t24-;;/m0../s1. The Kier molecular flexibility index (Phi) is 12.5. The average molecular weight is 600 g/mol. The molecule has 0 saturated heterocycles. The summed E-state index contributed by atoms with van der Waals surface area (Å²) in [4.78, 5) is 12.0. The van der Waals surface area contributed by atoms with Gasteiger partial charge in [0.2, 0.25) is 0 Å². The summed E-state index contributed by atoms with van der Waals surface area (Å²) >= 11 is 1.60. The molecular formula is C35H50FNO4S. The number of hydrogen-bond acceptors (Lipinski definition) is 5. The minimum absolute atomic E-state index is 0.0166. The number of carboxylic acids is 1. The van der Waals surface area contributed by atoms with Crippen LogP contribution in [0.1, 0.15) is 94.2 Å². The number of benzene rings is 2. The van der Waals surface area contributed by atoms with E-state index in [0.717, 1.165) is 63.9 Å². The Bertz CT molecular complexity index is 1290. The molecule has 2 aromatic rings. The highest BCUT2D eigenvalue weighted by molar-refractivity contribution is 8.00. The van der Waals surface area contributed by atoms with E-state index < -0.39 is 11.6 Å². The van der Waals surface area contributed by atoms with Gasteiger partial charge in [0.15, 0.2) is 0 Å². The van der Waals surface area contributed by atoms with Crippen molar-refractivity contribution in [2.45, 2.75) is 92.2 Å². The molecule has 2 aliphatic rings. The van der Waals surface area contributed by atoms with E-state index in [-0.39, 0.29) is 23.7 Å². The second kappa shape index (κ2) is 14.7. The number of anilines is 1. The molecule has 0 unspecified atom stereocenters. The highest BCUT2D eigenvalue weighted by atomic mass is 32.2. The van der Waals surface area contributed by atoms with Gasteiger partial charge in [0.1, 0.15) is 5.82 Å². The van der Waals surface area contributed by atoms with E-state index in [9.17, 15) is 14.3 Å². The summed E-state index contributed by atoms with van der Waals surface area (Å²) < 4.78 is 22.1. The minimum Gasteiger partial charge on any atom is -0.481 e. The van der Waals surface area contributed by atoms with Crippen LogP contribution in [0.2, 0.25) is 0 Å². The Hall–Kier alpha value is -2.61. The predicted molar refractivity (Wildman–Crippen MR) is 177 cm³/mol. The molecule has 1 atom stereocenters. The molecule has 42 heavy (non-hydrogen) atoms. The number of allylic oxidation sites excluding steroid dienone is 2. The largest absolute Gasteiger partial charge is 0.481 e. The van der Waals surface area contributed by atoms with Gasteiger partial charge in [-0.1, -0.05) is 37.9 Å². The molecule has 7 heteroatoms. The lowest BCUT2D eigenvalue weighted by molar-refractivity contribution is -0.136. The number of carboxylic acid groups (broad SMARTS) is 1. The van der Waals surface area contributed by atoms with E-state index >= 15 is 0 Å². The molecule has 0 fully saturated rings. The zero-order valence-corrected chi connectivity index (χ0v) is 27.8. The number of hydrogen-bond donors (Lipinski definition) is 2. The lowest BCUT2D eigenvalue weighted by Crippen LogP contribution is -2.29. The summed E-state index contributed by atoms with van der Waals surface area (Å²) in [6, 6.07) is 5.02. The van der Waals surface area contributed by atoms with Crippen molar-refractivity contribution >= 4 is 29.2 Å². The molecule has 1 aliphatic heterocycles. The van der Waals surface area contributed by atoms with E-state index in [2.05, 4.69) is 51.2 Å². The van der Waals surface area contributed by atoms with Crippen LogP contribution in [-0.4, -0.2) is 41.8 Å². The molecule has 0 amide bonds. The van der Waals surface area contributed by atoms with Gasteiger partial charge in [-0.25, -0.2) is 4.39 Å². The minimum atomic E-state index is -0.824. The second-order valence-corrected chi connectivity index (χ2v) is 13.5. The number of nitrogens with zero attached hydrogens (tertiary/aromatic N) is 1. The lowest BCUT2D eigenvalue weighted by Gasteiger charge is -2.42. The van der Waals surface area contributed by atoms with Gasteiger partial charge in [0.25, 0.3) is 0 Å². The van der Waals surface area contributed by atoms with Crippen molar-refractivity contribution in [2.75, 3.05) is 24.3 Å². The molecule has 0 bridgehead atoms. The maximum Gasteiger partial charge on any atom is 0.307 e. The van der Waals surface area contributed by atoms with Gasteiger partial charge in [0, 0.05) is 25.5 Å². The van der Waals surface area contributed by atoms with Crippen molar-refractivity contribution in [2.24, 2.45) is 5.41 Å². The van der Waals surface area contributed by atoms with Crippen molar-refractivity contribution in [1.82, 2.24) is 0 Å². The van der Waals surface area contributed by atoms with Crippen molar-refractivity contribution in [3.05, 3.63) is 71.1 Å². The summed E-state index contributed by atoms with van der Waals surface area (Å²) in [5.74, 6) is -1.07. The third kappa shape index (κ3) is 8.48. The van der Waals surface area contributed by atoms with Gasteiger partial charge in [0.05, 0.1) is 23.8 Å². The third-order valence-corrected chi connectivity index (χ3v) is 8.49. The lowest BCUT2D eigenvalue weighted by atomic mass is 9.73. The number of carbonyl (C=O) groups is 1. The molecule has 1 aliphatic carbocycles. The Morgan fingerprint density at radius 1 is 1.19 bits per heavy atom. The third-order valence-electron chi connectivity index (χ3n) is 7.66. The van der Waals surface area contributed by atoms with Crippen LogP contribution in [-0.2, 0) is 16.0 Å². The zero-order chi connectivity index (χ0) is 32.0. The number of fused-ring (bicyclic) bond motifs is 3. The smallest absolute Gasteiger partial charge is 0.307 e. The molecule has 0 saturated carbocycles. The molecule has 232 valence electrons. The number of halogens is 1.